The Bertz CT molecular complexity index is 518. The number of amides is 1. The molecule has 0 heterocycles. The number of nitrogens with two attached hydrogens (primary N) is 1. The van der Waals surface area contributed by atoms with E-state index in [9.17, 15) is 4.79 Å². The highest BCUT2D eigenvalue weighted by atomic mass is 35.5. The van der Waals surface area contributed by atoms with Gasteiger partial charge in [0.2, 0.25) is 0 Å². The summed E-state index contributed by atoms with van der Waals surface area (Å²) in [4.78, 5) is 14.3. The summed E-state index contributed by atoms with van der Waals surface area (Å²) in [5.41, 5.74) is 7.09. The van der Waals surface area contributed by atoms with E-state index in [1.54, 1.807) is 32.2 Å². The third-order valence-corrected chi connectivity index (χ3v) is 3.53. The van der Waals surface area contributed by atoms with Crippen LogP contribution in [-0.4, -0.2) is 45.2 Å². The molecule has 0 atom stereocenters. The fraction of sp³-hybridized carbons (Fsp3) is 0.562. The Balaban J connectivity index is 0.00000441. The molecular weight excluding hydrogens is 304 g/mol. The molecule has 0 bridgehead atoms. The third-order valence-electron chi connectivity index (χ3n) is 3.53. The topological polar surface area (TPSA) is 64.8 Å². The van der Waals surface area contributed by atoms with Gasteiger partial charge in [0.25, 0.3) is 5.91 Å². The van der Waals surface area contributed by atoms with Crippen LogP contribution in [0.25, 0.3) is 0 Å². The Morgan fingerprint density at radius 3 is 2.18 bits per heavy atom. The minimum Gasteiger partial charge on any atom is -0.493 e. The van der Waals surface area contributed by atoms with E-state index < -0.39 is 0 Å². The van der Waals surface area contributed by atoms with Gasteiger partial charge in [0.05, 0.1) is 14.2 Å². The van der Waals surface area contributed by atoms with Gasteiger partial charge in [0.15, 0.2) is 11.5 Å². The number of hydrogen-bond donors (Lipinski definition) is 1. The number of carbonyl (C=O) groups excluding carboxylic acids is 1. The molecule has 1 aromatic rings. The first-order valence-corrected chi connectivity index (χ1v) is 6.94. The summed E-state index contributed by atoms with van der Waals surface area (Å²) in [5.74, 6) is 1.13. The van der Waals surface area contributed by atoms with Crippen LogP contribution in [0.3, 0.4) is 0 Å². The number of benzene rings is 1. The lowest BCUT2D eigenvalue weighted by atomic mass is 9.93. The number of nitrogens with zero attached hydrogens (tertiary/aromatic N) is 1. The summed E-state index contributed by atoms with van der Waals surface area (Å²) in [6.07, 6.45) is 0. The first kappa shape index (κ1) is 20.5. The van der Waals surface area contributed by atoms with Crippen LogP contribution in [0.2, 0.25) is 0 Å². The molecule has 0 aliphatic rings. The zero-order valence-corrected chi connectivity index (χ0v) is 15.0. The van der Waals surface area contributed by atoms with Gasteiger partial charge in [-0.25, -0.2) is 0 Å². The van der Waals surface area contributed by atoms with Crippen LogP contribution in [0.1, 0.15) is 29.8 Å². The minimum absolute atomic E-state index is 0. The molecule has 0 unspecified atom stereocenters. The first-order chi connectivity index (χ1) is 9.75. The van der Waals surface area contributed by atoms with Crippen LogP contribution in [0, 0.1) is 12.3 Å². The van der Waals surface area contributed by atoms with Gasteiger partial charge < -0.3 is 20.1 Å². The highest BCUT2D eigenvalue weighted by Gasteiger charge is 2.23. The van der Waals surface area contributed by atoms with Gasteiger partial charge in [-0.3, -0.25) is 4.79 Å². The number of methoxy groups -OCH3 is 2. The number of carbonyl (C=O) groups is 1. The molecule has 0 radical (unpaired) electrons. The van der Waals surface area contributed by atoms with Crippen molar-refractivity contribution < 1.29 is 14.3 Å². The predicted octanol–water partition coefficient (Wildman–Crippen LogP) is 2.49. The summed E-state index contributed by atoms with van der Waals surface area (Å²) in [6.45, 7) is 7.08. The van der Waals surface area contributed by atoms with Gasteiger partial charge in [-0.05, 0) is 36.6 Å². The Hall–Kier alpha value is -1.46. The molecule has 0 aliphatic heterocycles. The van der Waals surface area contributed by atoms with Gasteiger partial charge in [0.1, 0.15) is 0 Å². The molecular formula is C16H27ClN2O3. The Morgan fingerprint density at radius 1 is 1.23 bits per heavy atom. The van der Waals surface area contributed by atoms with Crippen molar-refractivity contribution in [2.45, 2.75) is 20.8 Å². The maximum absolute atomic E-state index is 12.6. The van der Waals surface area contributed by atoms with Crippen LogP contribution >= 0.6 is 12.4 Å². The van der Waals surface area contributed by atoms with E-state index in [1.807, 2.05) is 26.8 Å². The molecule has 6 heteroatoms. The SMILES string of the molecule is COc1cc(C)c(C(=O)N(C)CC(C)(C)CN)cc1OC.Cl. The highest BCUT2D eigenvalue weighted by molar-refractivity contribution is 5.96. The van der Waals surface area contributed by atoms with Crippen LogP contribution < -0.4 is 15.2 Å². The molecule has 0 saturated heterocycles. The van der Waals surface area contributed by atoms with Crippen LogP contribution in [0.5, 0.6) is 11.5 Å². The van der Waals surface area contributed by atoms with E-state index in [1.165, 1.54) is 0 Å². The van der Waals surface area contributed by atoms with Crippen molar-refractivity contribution in [3.8, 4) is 11.5 Å². The van der Waals surface area contributed by atoms with Crippen molar-refractivity contribution in [3.05, 3.63) is 23.3 Å². The van der Waals surface area contributed by atoms with Crippen molar-refractivity contribution in [1.82, 2.24) is 4.90 Å². The quantitative estimate of drug-likeness (QED) is 0.870. The molecule has 1 rings (SSSR count). The molecule has 2 N–H and O–H groups in total. The van der Waals surface area contributed by atoms with E-state index in [-0.39, 0.29) is 23.7 Å². The first-order valence-electron chi connectivity index (χ1n) is 6.94. The maximum Gasteiger partial charge on any atom is 0.254 e. The average molecular weight is 331 g/mol. The average Bonchev–Trinajstić information content (AvgIpc) is 2.45. The van der Waals surface area contributed by atoms with Crippen molar-refractivity contribution in [2.24, 2.45) is 11.1 Å². The second kappa shape index (κ2) is 8.25. The van der Waals surface area contributed by atoms with Crippen molar-refractivity contribution in [1.29, 1.82) is 0 Å². The lowest BCUT2D eigenvalue weighted by Crippen LogP contribution is -2.40. The smallest absolute Gasteiger partial charge is 0.254 e. The van der Waals surface area contributed by atoms with E-state index in [0.717, 1.165) is 5.56 Å². The van der Waals surface area contributed by atoms with Crippen molar-refractivity contribution in [3.63, 3.8) is 0 Å². The van der Waals surface area contributed by atoms with E-state index in [4.69, 9.17) is 15.2 Å². The second-order valence-corrected chi connectivity index (χ2v) is 6.05. The molecule has 0 spiro atoms. The van der Waals surface area contributed by atoms with Gasteiger partial charge in [-0.2, -0.15) is 0 Å². The molecule has 126 valence electrons. The Labute approximate surface area is 139 Å². The molecule has 0 aromatic heterocycles. The van der Waals surface area contributed by atoms with Crippen molar-refractivity contribution >= 4 is 18.3 Å². The number of ether oxygens (including phenoxy) is 2. The normalized spacial score (nSPS) is 10.7. The maximum atomic E-state index is 12.6. The van der Waals surface area contributed by atoms with E-state index in [0.29, 0.717) is 30.2 Å². The van der Waals surface area contributed by atoms with Gasteiger partial charge in [0, 0.05) is 19.2 Å². The van der Waals surface area contributed by atoms with Crippen LogP contribution in [-0.2, 0) is 0 Å². The Morgan fingerprint density at radius 2 is 1.73 bits per heavy atom. The summed E-state index contributed by atoms with van der Waals surface area (Å²) in [5, 5.41) is 0. The third kappa shape index (κ3) is 4.78. The molecule has 0 aliphatic carbocycles. The standard InChI is InChI=1S/C16H26N2O3.ClH/c1-11-7-13(20-5)14(21-6)8-12(11)15(19)18(4)10-16(2,3)9-17;/h7-8H,9-10,17H2,1-6H3;1H. The number of aryl methyl sites for hydroxylation is 1. The van der Waals surface area contributed by atoms with Gasteiger partial charge in [-0.15, -0.1) is 12.4 Å². The summed E-state index contributed by atoms with van der Waals surface area (Å²) >= 11 is 0. The molecule has 1 aromatic carbocycles. The van der Waals surface area contributed by atoms with Crippen molar-refractivity contribution in [2.75, 3.05) is 34.4 Å². The second-order valence-electron chi connectivity index (χ2n) is 6.05. The Kier molecular flexibility index (Phi) is 7.70. The lowest BCUT2D eigenvalue weighted by molar-refractivity contribution is 0.0739. The number of halogens is 1. The van der Waals surface area contributed by atoms with Gasteiger partial charge >= 0.3 is 0 Å². The predicted molar refractivity (Wildman–Crippen MR) is 91.3 cm³/mol. The lowest BCUT2D eigenvalue weighted by Gasteiger charge is -2.29. The fourth-order valence-electron chi connectivity index (χ4n) is 2.20. The summed E-state index contributed by atoms with van der Waals surface area (Å²) in [7, 11) is 4.92. The van der Waals surface area contributed by atoms with E-state index >= 15 is 0 Å². The molecule has 5 nitrogen and oxygen atoms in total. The molecule has 1 amide bonds. The van der Waals surface area contributed by atoms with Crippen LogP contribution in [0.4, 0.5) is 0 Å². The molecule has 0 fully saturated rings. The summed E-state index contributed by atoms with van der Waals surface area (Å²) in [6, 6.07) is 3.54. The summed E-state index contributed by atoms with van der Waals surface area (Å²) < 4.78 is 10.5. The number of hydrogen-bond acceptors (Lipinski definition) is 4. The zero-order chi connectivity index (χ0) is 16.2. The minimum atomic E-state index is -0.116. The zero-order valence-electron chi connectivity index (χ0n) is 14.2. The number of rotatable bonds is 6. The molecule has 0 saturated carbocycles. The molecule has 22 heavy (non-hydrogen) atoms. The largest absolute Gasteiger partial charge is 0.493 e. The van der Waals surface area contributed by atoms with Gasteiger partial charge in [-0.1, -0.05) is 13.8 Å². The fourth-order valence-corrected chi connectivity index (χ4v) is 2.20. The van der Waals surface area contributed by atoms with E-state index in [2.05, 4.69) is 0 Å². The highest BCUT2D eigenvalue weighted by Crippen LogP contribution is 2.31. The monoisotopic (exact) mass is 330 g/mol. The van der Waals surface area contributed by atoms with Crippen LogP contribution in [0.15, 0.2) is 12.1 Å².